The van der Waals surface area contributed by atoms with Crippen molar-refractivity contribution in [2.45, 2.75) is 64.6 Å². The van der Waals surface area contributed by atoms with Crippen molar-refractivity contribution in [1.82, 2.24) is 15.1 Å². The van der Waals surface area contributed by atoms with E-state index < -0.39 is 0 Å². The summed E-state index contributed by atoms with van der Waals surface area (Å²) in [6, 6.07) is 6.95. The predicted molar refractivity (Wildman–Crippen MR) is 112 cm³/mol. The summed E-state index contributed by atoms with van der Waals surface area (Å²) in [4.78, 5) is 17.6. The van der Waals surface area contributed by atoms with Crippen LogP contribution < -0.4 is 10.1 Å². The van der Waals surface area contributed by atoms with Crippen LogP contribution in [-0.2, 0) is 17.8 Å². The first kappa shape index (κ1) is 19.7. The normalized spacial score (nSPS) is 27.1. The Bertz CT molecular complexity index is 684. The minimum Gasteiger partial charge on any atom is -0.493 e. The number of carbonyl (C=O) groups is 1. The fourth-order valence-electron chi connectivity index (χ4n) is 4.91. The molecule has 1 saturated carbocycles. The molecule has 0 spiro atoms. The molecule has 1 saturated heterocycles. The van der Waals surface area contributed by atoms with Crippen molar-refractivity contribution in [3.8, 4) is 5.75 Å². The molecule has 154 valence electrons. The van der Waals surface area contributed by atoms with Gasteiger partial charge < -0.3 is 10.1 Å². The molecule has 5 nitrogen and oxygen atoms in total. The Labute approximate surface area is 169 Å². The summed E-state index contributed by atoms with van der Waals surface area (Å²) in [5.41, 5.74) is 2.72. The van der Waals surface area contributed by atoms with Crippen LogP contribution >= 0.6 is 0 Å². The van der Waals surface area contributed by atoms with Crippen LogP contribution in [0.5, 0.6) is 5.75 Å². The zero-order valence-electron chi connectivity index (χ0n) is 17.5. The quantitative estimate of drug-likeness (QED) is 0.847. The Morgan fingerprint density at radius 3 is 2.79 bits per heavy atom. The summed E-state index contributed by atoms with van der Waals surface area (Å²) in [6.45, 7) is 10.1. The molecule has 1 aliphatic carbocycles. The maximum atomic E-state index is 12.8. The third-order valence-electron chi connectivity index (χ3n) is 6.93. The van der Waals surface area contributed by atoms with Gasteiger partial charge in [-0.05, 0) is 42.9 Å². The van der Waals surface area contributed by atoms with Crippen molar-refractivity contribution in [2.24, 2.45) is 5.92 Å². The molecule has 2 fully saturated rings. The van der Waals surface area contributed by atoms with E-state index in [1.807, 2.05) is 0 Å². The molecular formula is C23H35N3O2. The van der Waals surface area contributed by atoms with E-state index >= 15 is 0 Å². The van der Waals surface area contributed by atoms with Gasteiger partial charge in [0.1, 0.15) is 5.75 Å². The Kier molecular flexibility index (Phi) is 6.22. The summed E-state index contributed by atoms with van der Waals surface area (Å²) >= 11 is 0. The molecular weight excluding hydrogens is 350 g/mol. The Morgan fingerprint density at radius 2 is 2.00 bits per heavy atom. The maximum absolute atomic E-state index is 12.8. The number of rotatable bonds is 5. The molecule has 1 aromatic rings. The molecule has 0 bridgehead atoms. The molecule has 0 radical (unpaired) electrons. The number of benzene rings is 1. The lowest BCUT2D eigenvalue weighted by molar-refractivity contribution is -0.127. The van der Waals surface area contributed by atoms with Crippen LogP contribution in [0.4, 0.5) is 0 Å². The summed E-state index contributed by atoms with van der Waals surface area (Å²) in [7, 11) is 0. The summed E-state index contributed by atoms with van der Waals surface area (Å²) in [5, 5.41) is 3.33. The molecule has 2 aliphatic heterocycles. The van der Waals surface area contributed by atoms with Gasteiger partial charge in [0, 0.05) is 45.2 Å². The third-order valence-corrected chi connectivity index (χ3v) is 6.93. The van der Waals surface area contributed by atoms with Gasteiger partial charge in [-0.1, -0.05) is 31.9 Å². The van der Waals surface area contributed by atoms with E-state index in [0.29, 0.717) is 12.0 Å². The highest BCUT2D eigenvalue weighted by Gasteiger charge is 2.29. The number of fused-ring (bicyclic) bond motifs is 1. The van der Waals surface area contributed by atoms with Crippen molar-refractivity contribution in [1.29, 1.82) is 0 Å². The Balaban J connectivity index is 1.24. The molecule has 2 heterocycles. The number of nitrogens with one attached hydrogen (secondary N) is 1. The van der Waals surface area contributed by atoms with Gasteiger partial charge in [-0.2, -0.15) is 0 Å². The average Bonchev–Trinajstić information content (AvgIpc) is 3.17. The lowest BCUT2D eigenvalue weighted by Gasteiger charge is -2.38. The molecule has 1 amide bonds. The molecule has 0 unspecified atom stereocenters. The number of piperazine rings is 1. The molecule has 28 heavy (non-hydrogen) atoms. The number of ether oxygens (including phenoxy) is 1. The van der Waals surface area contributed by atoms with Crippen molar-refractivity contribution < 1.29 is 9.53 Å². The second-order valence-corrected chi connectivity index (χ2v) is 8.91. The third kappa shape index (κ3) is 4.52. The van der Waals surface area contributed by atoms with Crippen LogP contribution in [0.1, 0.15) is 50.7 Å². The van der Waals surface area contributed by atoms with Crippen LogP contribution in [0.3, 0.4) is 0 Å². The molecule has 3 aliphatic rings. The minimum absolute atomic E-state index is 0.0339. The lowest BCUT2D eigenvalue weighted by atomic mass is 9.86. The molecule has 4 rings (SSSR count). The first-order chi connectivity index (χ1) is 13.6. The standard InChI is InChI=1S/C23H35N3O2/c1-17-5-3-4-6-21(17)24-23(27)18(2)26-12-10-25(11-13-26)16-19-7-8-22-20(15-19)9-14-28-22/h7-8,15,17-18,21H,3-6,9-14,16H2,1-2H3,(H,24,27)/t17-,18-,21+/m1/s1. The number of nitrogens with zero attached hydrogens (tertiary/aromatic N) is 2. The fraction of sp³-hybridized carbons (Fsp3) is 0.696. The summed E-state index contributed by atoms with van der Waals surface area (Å²) in [5.74, 6) is 1.88. The zero-order chi connectivity index (χ0) is 19.5. The smallest absolute Gasteiger partial charge is 0.237 e. The van der Waals surface area contributed by atoms with Crippen molar-refractivity contribution in [3.63, 3.8) is 0 Å². The van der Waals surface area contributed by atoms with Crippen LogP contribution in [0, 0.1) is 5.92 Å². The largest absolute Gasteiger partial charge is 0.493 e. The van der Waals surface area contributed by atoms with Gasteiger partial charge in [0.05, 0.1) is 12.6 Å². The van der Waals surface area contributed by atoms with Crippen molar-refractivity contribution in [2.75, 3.05) is 32.8 Å². The van der Waals surface area contributed by atoms with E-state index in [-0.39, 0.29) is 11.9 Å². The van der Waals surface area contributed by atoms with Crippen molar-refractivity contribution >= 4 is 5.91 Å². The van der Waals surface area contributed by atoms with E-state index in [4.69, 9.17) is 4.74 Å². The van der Waals surface area contributed by atoms with E-state index in [2.05, 4.69) is 47.2 Å². The Morgan fingerprint density at radius 1 is 1.21 bits per heavy atom. The maximum Gasteiger partial charge on any atom is 0.237 e. The number of hydrogen-bond acceptors (Lipinski definition) is 4. The summed E-state index contributed by atoms with van der Waals surface area (Å²) < 4.78 is 5.61. The first-order valence-corrected chi connectivity index (χ1v) is 11.1. The van der Waals surface area contributed by atoms with E-state index in [1.165, 1.54) is 30.4 Å². The molecule has 1 N–H and O–H groups in total. The van der Waals surface area contributed by atoms with Gasteiger partial charge in [-0.3, -0.25) is 14.6 Å². The van der Waals surface area contributed by atoms with Gasteiger partial charge in [-0.15, -0.1) is 0 Å². The van der Waals surface area contributed by atoms with Gasteiger partial charge in [0.2, 0.25) is 5.91 Å². The van der Waals surface area contributed by atoms with E-state index in [9.17, 15) is 4.79 Å². The van der Waals surface area contributed by atoms with E-state index in [1.54, 1.807) is 0 Å². The van der Waals surface area contributed by atoms with Gasteiger partial charge >= 0.3 is 0 Å². The Hall–Kier alpha value is -1.59. The van der Waals surface area contributed by atoms with Crippen molar-refractivity contribution in [3.05, 3.63) is 29.3 Å². The van der Waals surface area contributed by atoms with Gasteiger partial charge in [0.25, 0.3) is 0 Å². The predicted octanol–water partition coefficient (Wildman–Crippen LogP) is 2.82. The van der Waals surface area contributed by atoms with E-state index in [0.717, 1.165) is 57.9 Å². The highest BCUT2D eigenvalue weighted by atomic mass is 16.5. The topological polar surface area (TPSA) is 44.8 Å². The fourth-order valence-corrected chi connectivity index (χ4v) is 4.91. The highest BCUT2D eigenvalue weighted by molar-refractivity contribution is 5.81. The van der Waals surface area contributed by atoms with Crippen LogP contribution in [0.2, 0.25) is 0 Å². The van der Waals surface area contributed by atoms with Gasteiger partial charge in [-0.25, -0.2) is 0 Å². The molecule has 3 atom stereocenters. The number of carbonyl (C=O) groups excluding carboxylic acids is 1. The second-order valence-electron chi connectivity index (χ2n) is 8.91. The first-order valence-electron chi connectivity index (χ1n) is 11.1. The zero-order valence-corrected chi connectivity index (χ0v) is 17.5. The molecule has 1 aromatic carbocycles. The van der Waals surface area contributed by atoms with Crippen LogP contribution in [0.25, 0.3) is 0 Å². The van der Waals surface area contributed by atoms with Gasteiger partial charge in [0.15, 0.2) is 0 Å². The number of hydrogen-bond donors (Lipinski definition) is 1. The lowest BCUT2D eigenvalue weighted by Crippen LogP contribution is -2.55. The molecule has 0 aromatic heterocycles. The monoisotopic (exact) mass is 385 g/mol. The van der Waals surface area contributed by atoms with Crippen LogP contribution in [-0.4, -0.2) is 60.6 Å². The second kappa shape index (κ2) is 8.83. The minimum atomic E-state index is -0.0339. The molecule has 5 heteroatoms. The summed E-state index contributed by atoms with van der Waals surface area (Å²) in [6.07, 6.45) is 5.97. The average molecular weight is 386 g/mol. The highest BCUT2D eigenvalue weighted by Crippen LogP contribution is 2.27. The van der Waals surface area contributed by atoms with Crippen LogP contribution in [0.15, 0.2) is 18.2 Å². The SMILES string of the molecule is C[C@@H]1CCCC[C@@H]1NC(=O)[C@@H](C)N1CCN(Cc2ccc3c(c2)CCO3)CC1. The number of amides is 1.